The zero-order chi connectivity index (χ0) is 25.9. The number of piperidine rings is 1. The average Bonchev–Trinajstić information content (AvgIpc) is 3.56. The number of rotatable bonds is 8. The van der Waals surface area contributed by atoms with E-state index in [2.05, 4.69) is 15.2 Å². The van der Waals surface area contributed by atoms with Gasteiger partial charge in [-0.15, -0.1) is 11.3 Å². The fourth-order valence-electron chi connectivity index (χ4n) is 4.74. The molecule has 1 aliphatic rings. The van der Waals surface area contributed by atoms with Gasteiger partial charge in [-0.3, -0.25) is 4.79 Å². The zero-order valence-electron chi connectivity index (χ0n) is 19.9. The van der Waals surface area contributed by atoms with Crippen LogP contribution in [0.3, 0.4) is 0 Å². The lowest BCUT2D eigenvalue weighted by atomic mass is 9.94. The van der Waals surface area contributed by atoms with Crippen LogP contribution in [0, 0.1) is 5.92 Å². The number of amides is 1. The average molecular weight is 558 g/mol. The fraction of sp³-hybridized carbons (Fsp3) is 0.296. The maximum absolute atomic E-state index is 13.0. The molecule has 0 spiro atoms. The molecule has 5 rings (SSSR count). The van der Waals surface area contributed by atoms with Crippen molar-refractivity contribution in [1.29, 1.82) is 0 Å². The number of halogens is 2. The molecule has 10 heteroatoms. The maximum atomic E-state index is 13.0. The van der Waals surface area contributed by atoms with Gasteiger partial charge >= 0.3 is 5.97 Å². The summed E-state index contributed by atoms with van der Waals surface area (Å²) in [7, 11) is 0. The van der Waals surface area contributed by atoms with Crippen LogP contribution in [0.15, 0.2) is 60.4 Å². The number of carboxylic acids is 1. The minimum atomic E-state index is -1.08. The van der Waals surface area contributed by atoms with E-state index in [1.807, 2.05) is 58.6 Å². The van der Waals surface area contributed by atoms with E-state index in [1.54, 1.807) is 17.7 Å². The summed E-state index contributed by atoms with van der Waals surface area (Å²) in [6.07, 6.45) is 4.83. The first-order valence-corrected chi connectivity index (χ1v) is 13.7. The molecular formula is C27H26Cl2N4O3S. The number of imidazole rings is 1. The number of carbonyl (C=O) groups is 2. The highest BCUT2D eigenvalue weighted by Gasteiger charge is 2.30. The molecule has 1 aliphatic heterocycles. The molecule has 0 unspecified atom stereocenters. The largest absolute Gasteiger partial charge is 0.480 e. The molecule has 4 aromatic rings. The van der Waals surface area contributed by atoms with Crippen molar-refractivity contribution in [2.45, 2.75) is 31.8 Å². The lowest BCUT2D eigenvalue weighted by molar-refractivity contribution is -0.142. The van der Waals surface area contributed by atoms with E-state index >= 15 is 0 Å². The topological polar surface area (TPSA) is 87.5 Å². The summed E-state index contributed by atoms with van der Waals surface area (Å²) in [5, 5.41) is 16.6. The Kier molecular flexibility index (Phi) is 7.69. The Hall–Kier alpha value is -3.07. The molecule has 1 atom stereocenters. The Bertz CT molecular complexity index is 1410. The highest BCUT2D eigenvalue weighted by Crippen LogP contribution is 2.42. The van der Waals surface area contributed by atoms with Crippen LogP contribution in [0.1, 0.15) is 24.1 Å². The van der Waals surface area contributed by atoms with Gasteiger partial charge in [-0.05, 0) is 41.3 Å². The molecule has 2 aromatic carbocycles. The third-order valence-corrected chi connectivity index (χ3v) is 8.65. The number of fused-ring (bicyclic) bond motifs is 1. The maximum Gasteiger partial charge on any atom is 0.326 e. The number of aliphatic carboxylic acids is 1. The molecule has 192 valence electrons. The summed E-state index contributed by atoms with van der Waals surface area (Å²) in [5.74, 6) is -1.59. The zero-order valence-corrected chi connectivity index (χ0v) is 22.3. The lowest BCUT2D eigenvalue weighted by Crippen LogP contribution is -2.47. The minimum absolute atomic E-state index is 0.121. The summed E-state index contributed by atoms with van der Waals surface area (Å²) in [6.45, 7) is 1.90. The van der Waals surface area contributed by atoms with Crippen molar-refractivity contribution >= 4 is 62.2 Å². The Morgan fingerprint density at radius 2 is 1.89 bits per heavy atom. The molecular weight excluding hydrogens is 531 g/mol. The molecule has 3 heterocycles. The van der Waals surface area contributed by atoms with Crippen molar-refractivity contribution in [2.75, 3.05) is 18.0 Å². The smallest absolute Gasteiger partial charge is 0.326 e. The molecule has 0 radical (unpaired) electrons. The van der Waals surface area contributed by atoms with Gasteiger partial charge in [0.15, 0.2) is 0 Å². The van der Waals surface area contributed by atoms with Gasteiger partial charge in [0.2, 0.25) is 5.91 Å². The fourth-order valence-corrected chi connectivity index (χ4v) is 6.22. The minimum Gasteiger partial charge on any atom is -0.480 e. The monoisotopic (exact) mass is 556 g/mol. The van der Waals surface area contributed by atoms with Crippen molar-refractivity contribution in [1.82, 2.24) is 14.9 Å². The van der Waals surface area contributed by atoms with Crippen LogP contribution in [-0.4, -0.2) is 45.7 Å². The second-order valence-corrected chi connectivity index (χ2v) is 10.9. The van der Waals surface area contributed by atoms with E-state index in [-0.39, 0.29) is 18.2 Å². The first kappa shape index (κ1) is 25.6. The van der Waals surface area contributed by atoms with E-state index in [1.165, 1.54) is 0 Å². The van der Waals surface area contributed by atoms with Gasteiger partial charge in [-0.2, -0.15) is 0 Å². The second kappa shape index (κ2) is 11.1. The van der Waals surface area contributed by atoms with Gasteiger partial charge in [0.1, 0.15) is 6.04 Å². The lowest BCUT2D eigenvalue weighted by Gasteiger charge is -2.34. The normalized spacial score (nSPS) is 15.1. The molecule has 37 heavy (non-hydrogen) atoms. The van der Waals surface area contributed by atoms with Gasteiger partial charge in [-0.1, -0.05) is 53.5 Å². The summed E-state index contributed by atoms with van der Waals surface area (Å²) >= 11 is 14.6. The molecule has 0 bridgehead atoms. The number of hydrogen-bond donors (Lipinski definition) is 2. The standard InChI is InChI=1S/C27H26Cl2N4O3S/c28-23-22(12-19-8-11-37-25(19)24(23)29)33-9-6-18(7-10-33)26(34)31-21(27(35)36)13-20-15-32(16-30-20)14-17-4-2-1-3-5-17/h1-5,8,11-12,15-16,18,21H,6-7,9-10,13-14H2,(H,31,34)(H,35,36)/t21-/m0/s1. The van der Waals surface area contributed by atoms with Crippen LogP contribution in [0.5, 0.6) is 0 Å². The number of nitrogens with zero attached hydrogens (tertiary/aromatic N) is 3. The number of aromatic nitrogens is 2. The summed E-state index contributed by atoms with van der Waals surface area (Å²) < 4.78 is 2.88. The summed E-state index contributed by atoms with van der Waals surface area (Å²) in [4.78, 5) is 31.4. The number of thiophene rings is 1. The molecule has 1 saturated heterocycles. The predicted molar refractivity (Wildman–Crippen MR) is 148 cm³/mol. The number of nitrogens with one attached hydrogen (secondary N) is 1. The quantitative estimate of drug-likeness (QED) is 0.300. The van der Waals surface area contributed by atoms with E-state index in [9.17, 15) is 14.7 Å². The second-order valence-electron chi connectivity index (χ2n) is 9.25. The Balaban J connectivity index is 1.18. The highest BCUT2D eigenvalue weighted by molar-refractivity contribution is 7.18. The van der Waals surface area contributed by atoms with Crippen molar-refractivity contribution in [3.8, 4) is 0 Å². The number of carboxylic acid groups (broad SMARTS) is 1. The third-order valence-electron chi connectivity index (χ3n) is 6.73. The molecule has 0 aliphatic carbocycles. The Morgan fingerprint density at radius 3 is 2.62 bits per heavy atom. The van der Waals surface area contributed by atoms with Crippen molar-refractivity contribution in [3.63, 3.8) is 0 Å². The highest BCUT2D eigenvalue weighted by atomic mass is 35.5. The number of benzene rings is 2. The molecule has 0 saturated carbocycles. The Morgan fingerprint density at radius 1 is 1.14 bits per heavy atom. The molecule has 1 fully saturated rings. The van der Waals surface area contributed by atoms with Gasteiger partial charge in [0, 0.05) is 38.2 Å². The van der Waals surface area contributed by atoms with Gasteiger partial charge in [-0.25, -0.2) is 9.78 Å². The van der Waals surface area contributed by atoms with Crippen molar-refractivity contribution < 1.29 is 14.7 Å². The number of anilines is 1. The SMILES string of the molecule is O=C(N[C@@H](Cc1cn(Cc2ccccc2)cn1)C(=O)O)C1CCN(c2cc3ccsc3c(Cl)c2Cl)CC1. The molecule has 1 amide bonds. The van der Waals surface area contributed by atoms with Crippen LogP contribution in [0.2, 0.25) is 10.0 Å². The van der Waals surface area contributed by atoms with Gasteiger partial charge in [0.05, 0.1) is 32.5 Å². The first-order valence-electron chi connectivity index (χ1n) is 12.1. The van der Waals surface area contributed by atoms with Crippen LogP contribution in [0.25, 0.3) is 10.1 Å². The van der Waals surface area contributed by atoms with Gasteiger partial charge in [0.25, 0.3) is 0 Å². The van der Waals surface area contributed by atoms with E-state index in [4.69, 9.17) is 23.2 Å². The molecule has 2 aromatic heterocycles. The Labute approximate surface area is 228 Å². The first-order chi connectivity index (χ1) is 17.9. The molecule has 7 nitrogen and oxygen atoms in total. The van der Waals surface area contributed by atoms with Crippen LogP contribution in [0.4, 0.5) is 5.69 Å². The number of hydrogen-bond acceptors (Lipinski definition) is 5. The summed E-state index contributed by atoms with van der Waals surface area (Å²) in [5.41, 5.74) is 2.61. The van der Waals surface area contributed by atoms with Crippen LogP contribution in [-0.2, 0) is 22.6 Å². The predicted octanol–water partition coefficient (Wildman–Crippen LogP) is 5.48. The summed E-state index contributed by atoms with van der Waals surface area (Å²) in [6, 6.07) is 13.0. The van der Waals surface area contributed by atoms with Crippen LogP contribution >= 0.6 is 34.5 Å². The van der Waals surface area contributed by atoms with E-state index in [0.29, 0.717) is 48.2 Å². The van der Waals surface area contributed by atoms with Crippen molar-refractivity contribution in [2.24, 2.45) is 5.92 Å². The third kappa shape index (κ3) is 5.76. The van der Waals surface area contributed by atoms with Gasteiger partial charge < -0.3 is 19.9 Å². The van der Waals surface area contributed by atoms with Crippen molar-refractivity contribution in [3.05, 3.63) is 81.7 Å². The molecule has 2 N–H and O–H groups in total. The van der Waals surface area contributed by atoms with Crippen LogP contribution < -0.4 is 10.2 Å². The van der Waals surface area contributed by atoms with E-state index in [0.717, 1.165) is 21.3 Å². The number of carbonyl (C=O) groups excluding carboxylic acids is 1. The van der Waals surface area contributed by atoms with E-state index < -0.39 is 12.0 Å².